The molecule has 0 bridgehead atoms. The summed E-state index contributed by atoms with van der Waals surface area (Å²) in [6.45, 7) is 0. The van der Waals surface area contributed by atoms with Gasteiger partial charge in [-0.15, -0.1) is 0 Å². The summed E-state index contributed by atoms with van der Waals surface area (Å²) in [4.78, 5) is 27.2. The van der Waals surface area contributed by atoms with E-state index < -0.39 is 5.69 Å². The summed E-state index contributed by atoms with van der Waals surface area (Å²) < 4.78 is 2.64. The smallest absolute Gasteiger partial charge is 0.368 e. The molecule has 3 aromatic rings. The van der Waals surface area contributed by atoms with Gasteiger partial charge in [-0.1, -0.05) is 0 Å². The van der Waals surface area contributed by atoms with E-state index in [1.165, 1.54) is 34.3 Å². The van der Waals surface area contributed by atoms with E-state index in [2.05, 4.69) is 19.9 Å². The van der Waals surface area contributed by atoms with Gasteiger partial charge in [0.05, 0.1) is 0 Å². The third kappa shape index (κ3) is 1.38. The van der Waals surface area contributed by atoms with Crippen molar-refractivity contribution in [2.45, 2.75) is 0 Å². The largest absolute Gasteiger partial charge is 0.383 e. The van der Waals surface area contributed by atoms with E-state index in [1.54, 1.807) is 0 Å². The Morgan fingerprint density at radius 1 is 1.11 bits per heavy atom. The number of nitrogens with two attached hydrogens (primary N) is 2. The first-order valence-corrected chi connectivity index (χ1v) is 4.96. The van der Waals surface area contributed by atoms with Crippen molar-refractivity contribution in [3.8, 4) is 0 Å². The molecule has 0 unspecified atom stereocenters. The maximum absolute atomic E-state index is 11.7. The molecule has 0 aliphatic heterocycles. The van der Waals surface area contributed by atoms with Gasteiger partial charge in [-0.05, 0) is 6.07 Å². The Morgan fingerprint density at radius 2 is 1.94 bits per heavy atom. The Kier molecular flexibility index (Phi) is 1.99. The van der Waals surface area contributed by atoms with Gasteiger partial charge < -0.3 is 11.5 Å². The molecule has 3 heterocycles. The molecule has 0 radical (unpaired) electrons. The molecular weight excluding hydrogens is 236 g/mol. The standard InChI is InChI=1S/C9H8N8O/c10-5-1-2-16(9(18)15-5)17-4-14-6-7(11)12-3-13-8(6)17/h1-4H,(H2,10,15,18)(H2,11,12,13). The molecule has 4 N–H and O–H groups in total. The Bertz CT molecular complexity index is 789. The first kappa shape index (κ1) is 10.2. The van der Waals surface area contributed by atoms with Gasteiger partial charge in [0.1, 0.15) is 18.5 Å². The Hall–Kier alpha value is -2.97. The van der Waals surface area contributed by atoms with Gasteiger partial charge in [0.15, 0.2) is 17.0 Å². The van der Waals surface area contributed by atoms with Crippen molar-refractivity contribution in [2.75, 3.05) is 11.5 Å². The average Bonchev–Trinajstić information content (AvgIpc) is 2.74. The van der Waals surface area contributed by atoms with Crippen molar-refractivity contribution in [3.63, 3.8) is 0 Å². The predicted octanol–water partition coefficient (Wildman–Crippen LogP) is -1.14. The van der Waals surface area contributed by atoms with Crippen LogP contribution in [0, 0.1) is 0 Å². The van der Waals surface area contributed by atoms with E-state index in [4.69, 9.17) is 11.5 Å². The van der Waals surface area contributed by atoms with E-state index >= 15 is 0 Å². The zero-order valence-electron chi connectivity index (χ0n) is 9.06. The maximum Gasteiger partial charge on any atom is 0.368 e. The summed E-state index contributed by atoms with van der Waals surface area (Å²) in [7, 11) is 0. The lowest BCUT2D eigenvalue weighted by atomic mass is 10.5. The van der Waals surface area contributed by atoms with Crippen LogP contribution in [-0.2, 0) is 0 Å². The molecule has 0 atom stereocenters. The second-order valence-corrected chi connectivity index (χ2v) is 3.50. The highest BCUT2D eigenvalue weighted by molar-refractivity contribution is 5.81. The Labute approximate surface area is 99.7 Å². The predicted molar refractivity (Wildman–Crippen MR) is 63.4 cm³/mol. The highest BCUT2D eigenvalue weighted by Crippen LogP contribution is 2.13. The lowest BCUT2D eigenvalue weighted by Crippen LogP contribution is -2.28. The third-order valence-corrected chi connectivity index (χ3v) is 2.38. The number of rotatable bonds is 1. The molecule has 0 fully saturated rings. The van der Waals surface area contributed by atoms with Crippen molar-refractivity contribution < 1.29 is 0 Å². The lowest BCUT2D eigenvalue weighted by Gasteiger charge is -2.05. The van der Waals surface area contributed by atoms with Crippen molar-refractivity contribution in [1.82, 2.24) is 29.3 Å². The van der Waals surface area contributed by atoms with Gasteiger partial charge >= 0.3 is 5.69 Å². The van der Waals surface area contributed by atoms with E-state index in [0.29, 0.717) is 11.2 Å². The van der Waals surface area contributed by atoms with Crippen molar-refractivity contribution in [3.05, 3.63) is 35.4 Å². The lowest BCUT2D eigenvalue weighted by molar-refractivity contribution is 0.624. The molecule has 90 valence electrons. The van der Waals surface area contributed by atoms with Gasteiger partial charge in [0.25, 0.3) is 0 Å². The highest BCUT2D eigenvalue weighted by Gasteiger charge is 2.10. The first-order chi connectivity index (χ1) is 8.66. The number of aromatic nitrogens is 6. The minimum atomic E-state index is -0.536. The van der Waals surface area contributed by atoms with Crippen molar-refractivity contribution in [2.24, 2.45) is 0 Å². The molecule has 9 nitrogen and oxygen atoms in total. The monoisotopic (exact) mass is 244 g/mol. The van der Waals surface area contributed by atoms with Gasteiger partial charge in [-0.25, -0.2) is 29.1 Å². The molecular formula is C9H8N8O. The van der Waals surface area contributed by atoms with Crippen LogP contribution in [0.25, 0.3) is 11.2 Å². The average molecular weight is 244 g/mol. The second kappa shape index (κ2) is 3.52. The van der Waals surface area contributed by atoms with Gasteiger partial charge in [0.2, 0.25) is 0 Å². The first-order valence-electron chi connectivity index (χ1n) is 4.96. The van der Waals surface area contributed by atoms with Crippen LogP contribution in [0.3, 0.4) is 0 Å². The molecule has 9 heteroatoms. The van der Waals surface area contributed by atoms with Crippen molar-refractivity contribution >= 4 is 22.8 Å². The SMILES string of the molecule is Nc1ccn(-n2cnc3c(N)ncnc32)c(=O)n1. The molecule has 18 heavy (non-hydrogen) atoms. The number of hydrogen-bond acceptors (Lipinski definition) is 7. The molecule has 3 aromatic heterocycles. The van der Waals surface area contributed by atoms with Crippen LogP contribution in [-0.4, -0.2) is 29.3 Å². The zero-order valence-corrected chi connectivity index (χ0v) is 9.06. The van der Waals surface area contributed by atoms with Gasteiger partial charge in [0, 0.05) is 6.20 Å². The van der Waals surface area contributed by atoms with Gasteiger partial charge in [-0.3, -0.25) is 0 Å². The molecule has 3 rings (SSSR count). The summed E-state index contributed by atoms with van der Waals surface area (Å²) >= 11 is 0. The second-order valence-electron chi connectivity index (χ2n) is 3.50. The normalized spacial score (nSPS) is 10.9. The summed E-state index contributed by atoms with van der Waals surface area (Å²) in [6, 6.07) is 1.50. The van der Waals surface area contributed by atoms with Gasteiger partial charge in [-0.2, -0.15) is 4.98 Å². The zero-order chi connectivity index (χ0) is 12.7. The van der Waals surface area contributed by atoms with E-state index in [1.807, 2.05) is 0 Å². The van der Waals surface area contributed by atoms with Crippen LogP contribution in [0.4, 0.5) is 11.6 Å². The number of imidazole rings is 1. The molecule has 0 aliphatic rings. The van der Waals surface area contributed by atoms with Crippen LogP contribution < -0.4 is 17.2 Å². The Morgan fingerprint density at radius 3 is 2.72 bits per heavy atom. The molecule has 0 saturated heterocycles. The minimum absolute atomic E-state index is 0.148. The third-order valence-electron chi connectivity index (χ3n) is 2.38. The topological polar surface area (TPSA) is 131 Å². The molecule has 0 amide bonds. The molecule has 0 saturated carbocycles. The van der Waals surface area contributed by atoms with E-state index in [0.717, 1.165) is 0 Å². The minimum Gasteiger partial charge on any atom is -0.383 e. The maximum atomic E-state index is 11.7. The number of fused-ring (bicyclic) bond motifs is 1. The van der Waals surface area contributed by atoms with Crippen LogP contribution >= 0.6 is 0 Å². The molecule has 0 aromatic carbocycles. The number of hydrogen-bond donors (Lipinski definition) is 2. The van der Waals surface area contributed by atoms with Crippen LogP contribution in [0.2, 0.25) is 0 Å². The fourth-order valence-electron chi connectivity index (χ4n) is 1.57. The van der Waals surface area contributed by atoms with Crippen molar-refractivity contribution in [1.29, 1.82) is 0 Å². The van der Waals surface area contributed by atoms with Crippen LogP contribution in [0.5, 0.6) is 0 Å². The summed E-state index contributed by atoms with van der Waals surface area (Å²) in [5.74, 6) is 0.394. The molecule has 0 aliphatic carbocycles. The van der Waals surface area contributed by atoms with E-state index in [9.17, 15) is 4.79 Å². The quantitative estimate of drug-likeness (QED) is 0.553. The summed E-state index contributed by atoms with van der Waals surface area (Å²) in [6.07, 6.45) is 4.19. The highest BCUT2D eigenvalue weighted by atomic mass is 16.2. The van der Waals surface area contributed by atoms with Crippen LogP contribution in [0.15, 0.2) is 29.7 Å². The number of nitrogen functional groups attached to an aromatic ring is 2. The Balaban J connectivity index is 2.33. The summed E-state index contributed by atoms with van der Waals surface area (Å²) in [5, 5.41) is 0. The fraction of sp³-hybridized carbons (Fsp3) is 0. The molecule has 0 spiro atoms. The van der Waals surface area contributed by atoms with Crippen LogP contribution in [0.1, 0.15) is 0 Å². The van der Waals surface area contributed by atoms with E-state index in [-0.39, 0.29) is 11.6 Å². The number of anilines is 2. The number of nitrogens with zero attached hydrogens (tertiary/aromatic N) is 6. The fourth-order valence-corrected chi connectivity index (χ4v) is 1.57. The summed E-state index contributed by atoms with van der Waals surface area (Å²) in [5.41, 5.74) is 11.4.